The van der Waals surface area contributed by atoms with Crippen molar-refractivity contribution < 1.29 is 14.3 Å². The van der Waals surface area contributed by atoms with E-state index < -0.39 is 5.92 Å². The van der Waals surface area contributed by atoms with Crippen LogP contribution in [-0.2, 0) is 14.3 Å². The molecule has 86 valence electrons. The second kappa shape index (κ2) is 4.77. The van der Waals surface area contributed by atoms with Gasteiger partial charge < -0.3 is 4.74 Å². The van der Waals surface area contributed by atoms with Crippen LogP contribution >= 0.6 is 0 Å². The summed E-state index contributed by atoms with van der Waals surface area (Å²) in [4.78, 5) is 23.6. The molecule has 0 spiro atoms. The molecule has 1 aliphatic carbocycles. The summed E-state index contributed by atoms with van der Waals surface area (Å²) in [6.07, 6.45) is 0.932. The third kappa shape index (κ3) is 2.80. The molecule has 1 saturated carbocycles. The number of hydrogen-bond donors (Lipinski definition) is 0. The van der Waals surface area contributed by atoms with E-state index in [9.17, 15) is 9.59 Å². The molecule has 0 bridgehead atoms. The van der Waals surface area contributed by atoms with Gasteiger partial charge in [-0.1, -0.05) is 20.8 Å². The number of hydrogen-bond acceptors (Lipinski definition) is 3. The summed E-state index contributed by atoms with van der Waals surface area (Å²) in [6.45, 7) is 7.94. The summed E-state index contributed by atoms with van der Waals surface area (Å²) in [5, 5.41) is 0. The Labute approximate surface area is 91.2 Å². The Morgan fingerprint density at radius 3 is 2.27 bits per heavy atom. The van der Waals surface area contributed by atoms with Gasteiger partial charge in [0.2, 0.25) is 0 Å². The Balaban J connectivity index is 2.65. The van der Waals surface area contributed by atoms with Gasteiger partial charge in [0.05, 0.1) is 6.61 Å². The van der Waals surface area contributed by atoms with Crippen LogP contribution in [0.25, 0.3) is 0 Å². The van der Waals surface area contributed by atoms with Crippen molar-refractivity contribution in [3.8, 4) is 0 Å². The van der Waals surface area contributed by atoms with Crippen LogP contribution in [0.3, 0.4) is 0 Å². The highest BCUT2D eigenvalue weighted by atomic mass is 16.5. The molecule has 0 aromatic carbocycles. The van der Waals surface area contributed by atoms with Gasteiger partial charge in [-0.25, -0.2) is 0 Å². The van der Waals surface area contributed by atoms with Crippen molar-refractivity contribution in [2.45, 2.75) is 34.1 Å². The van der Waals surface area contributed by atoms with E-state index >= 15 is 0 Å². The predicted octanol–water partition coefficient (Wildman–Crippen LogP) is 2.05. The lowest BCUT2D eigenvalue weighted by Gasteiger charge is -2.17. The summed E-state index contributed by atoms with van der Waals surface area (Å²) in [5.74, 6) is -0.244. The first-order valence-corrected chi connectivity index (χ1v) is 5.69. The second-order valence-electron chi connectivity index (χ2n) is 4.70. The number of carbonyl (C=O) groups is 2. The first kappa shape index (κ1) is 12.2. The van der Waals surface area contributed by atoms with E-state index in [1.807, 2.05) is 20.8 Å². The molecule has 0 amide bonds. The molecule has 0 aromatic heterocycles. The summed E-state index contributed by atoms with van der Waals surface area (Å²) in [5.41, 5.74) is 0. The van der Waals surface area contributed by atoms with Crippen LogP contribution in [0, 0.1) is 23.7 Å². The predicted molar refractivity (Wildman–Crippen MR) is 57.2 cm³/mol. The molecular formula is C12H20O3. The molecule has 1 aliphatic rings. The third-order valence-corrected chi connectivity index (χ3v) is 2.99. The molecule has 0 radical (unpaired) electrons. The average Bonchev–Trinajstić information content (AvgIpc) is 2.82. The highest BCUT2D eigenvalue weighted by Gasteiger charge is 2.45. The molecule has 1 rings (SSSR count). The number of carbonyl (C=O) groups excluding carboxylic acids is 2. The van der Waals surface area contributed by atoms with Crippen LogP contribution in [0.2, 0.25) is 0 Å². The lowest BCUT2D eigenvalue weighted by Crippen LogP contribution is -2.32. The molecule has 3 heteroatoms. The van der Waals surface area contributed by atoms with Gasteiger partial charge in [0.25, 0.3) is 0 Å². The van der Waals surface area contributed by atoms with Gasteiger partial charge in [0.15, 0.2) is 5.78 Å². The molecule has 3 atom stereocenters. The fourth-order valence-corrected chi connectivity index (χ4v) is 1.90. The van der Waals surface area contributed by atoms with Crippen LogP contribution in [-0.4, -0.2) is 18.4 Å². The zero-order valence-corrected chi connectivity index (χ0v) is 9.95. The first-order chi connectivity index (χ1) is 6.99. The average molecular weight is 212 g/mol. The largest absolute Gasteiger partial charge is 0.465 e. The van der Waals surface area contributed by atoms with Crippen molar-refractivity contribution in [3.05, 3.63) is 0 Å². The maximum Gasteiger partial charge on any atom is 0.316 e. The Kier molecular flexibility index (Phi) is 3.89. The summed E-state index contributed by atoms with van der Waals surface area (Å²) in [6, 6.07) is 0. The number of ketones is 1. The minimum absolute atomic E-state index is 0.0318. The van der Waals surface area contributed by atoms with Gasteiger partial charge in [-0.3, -0.25) is 9.59 Å². The SMILES string of the molecule is CCOC(=O)C(C(=O)C1CC1C)C(C)C. The van der Waals surface area contributed by atoms with Crippen molar-refractivity contribution >= 4 is 11.8 Å². The second-order valence-corrected chi connectivity index (χ2v) is 4.70. The summed E-state index contributed by atoms with van der Waals surface area (Å²) >= 11 is 0. The third-order valence-electron chi connectivity index (χ3n) is 2.99. The Hall–Kier alpha value is -0.860. The fraction of sp³-hybridized carbons (Fsp3) is 0.833. The Bertz CT molecular complexity index is 258. The molecule has 0 aromatic rings. The molecule has 0 N–H and O–H groups in total. The smallest absolute Gasteiger partial charge is 0.316 e. The molecule has 0 heterocycles. The van der Waals surface area contributed by atoms with Gasteiger partial charge in [0.1, 0.15) is 5.92 Å². The highest BCUT2D eigenvalue weighted by Crippen LogP contribution is 2.41. The lowest BCUT2D eigenvalue weighted by molar-refractivity contribution is -0.153. The topological polar surface area (TPSA) is 43.4 Å². The van der Waals surface area contributed by atoms with E-state index in [4.69, 9.17) is 4.74 Å². The maximum absolute atomic E-state index is 12.0. The number of Topliss-reactive ketones (excluding diaryl/α,β-unsaturated/α-hetero) is 1. The number of rotatable bonds is 5. The van der Waals surface area contributed by atoms with Crippen molar-refractivity contribution in [2.24, 2.45) is 23.7 Å². The molecule has 3 unspecified atom stereocenters. The minimum Gasteiger partial charge on any atom is -0.465 e. The Morgan fingerprint density at radius 1 is 1.40 bits per heavy atom. The van der Waals surface area contributed by atoms with Crippen LogP contribution in [0.5, 0.6) is 0 Å². The normalized spacial score (nSPS) is 26.2. The molecule has 1 fully saturated rings. The first-order valence-electron chi connectivity index (χ1n) is 5.69. The molecule has 0 aliphatic heterocycles. The van der Waals surface area contributed by atoms with Gasteiger partial charge in [-0.15, -0.1) is 0 Å². The van der Waals surface area contributed by atoms with Gasteiger partial charge in [0, 0.05) is 5.92 Å². The minimum atomic E-state index is -0.556. The summed E-state index contributed by atoms with van der Waals surface area (Å²) in [7, 11) is 0. The zero-order valence-electron chi connectivity index (χ0n) is 9.95. The lowest BCUT2D eigenvalue weighted by atomic mass is 9.89. The quantitative estimate of drug-likeness (QED) is 0.517. The van der Waals surface area contributed by atoms with E-state index in [2.05, 4.69) is 0 Å². The Morgan fingerprint density at radius 2 is 1.93 bits per heavy atom. The van der Waals surface area contributed by atoms with Gasteiger partial charge in [-0.2, -0.15) is 0 Å². The van der Waals surface area contributed by atoms with Gasteiger partial charge in [-0.05, 0) is 25.2 Å². The van der Waals surface area contributed by atoms with Crippen molar-refractivity contribution in [1.82, 2.24) is 0 Å². The molecule has 15 heavy (non-hydrogen) atoms. The van der Waals surface area contributed by atoms with Crippen LogP contribution in [0.1, 0.15) is 34.1 Å². The van der Waals surface area contributed by atoms with Gasteiger partial charge >= 0.3 is 5.97 Å². The van der Waals surface area contributed by atoms with Crippen LogP contribution in [0.4, 0.5) is 0 Å². The number of esters is 1. The maximum atomic E-state index is 12.0. The standard InChI is InChI=1S/C12H20O3/c1-5-15-12(14)10(7(2)3)11(13)9-6-8(9)4/h7-10H,5-6H2,1-4H3. The highest BCUT2D eigenvalue weighted by molar-refractivity contribution is 6.01. The van der Waals surface area contributed by atoms with Crippen LogP contribution < -0.4 is 0 Å². The number of ether oxygens (including phenoxy) is 1. The van der Waals surface area contributed by atoms with Crippen molar-refractivity contribution in [1.29, 1.82) is 0 Å². The summed E-state index contributed by atoms with van der Waals surface area (Å²) < 4.78 is 4.94. The zero-order chi connectivity index (χ0) is 11.6. The van der Waals surface area contributed by atoms with E-state index in [-0.39, 0.29) is 23.6 Å². The van der Waals surface area contributed by atoms with E-state index in [1.165, 1.54) is 0 Å². The fourth-order valence-electron chi connectivity index (χ4n) is 1.90. The van der Waals surface area contributed by atoms with Crippen molar-refractivity contribution in [2.75, 3.05) is 6.61 Å². The van der Waals surface area contributed by atoms with E-state index in [0.29, 0.717) is 12.5 Å². The molecule has 0 saturated heterocycles. The van der Waals surface area contributed by atoms with E-state index in [0.717, 1.165) is 6.42 Å². The molecule has 3 nitrogen and oxygen atoms in total. The van der Waals surface area contributed by atoms with E-state index in [1.54, 1.807) is 6.92 Å². The molecular weight excluding hydrogens is 192 g/mol. The monoisotopic (exact) mass is 212 g/mol. The van der Waals surface area contributed by atoms with Crippen molar-refractivity contribution in [3.63, 3.8) is 0 Å². The van der Waals surface area contributed by atoms with Crippen LogP contribution in [0.15, 0.2) is 0 Å².